The third kappa shape index (κ3) is 5.19. The summed E-state index contributed by atoms with van der Waals surface area (Å²) < 4.78 is 39.9. The SMILES string of the molecule is C=CCOC(=O)Oc1ccccc1S(=O)(=O)O.[Na]. The summed E-state index contributed by atoms with van der Waals surface area (Å²) in [5.74, 6) is -0.302. The van der Waals surface area contributed by atoms with Gasteiger partial charge in [0.25, 0.3) is 10.1 Å². The molecule has 0 bridgehead atoms. The molecule has 0 amide bonds. The zero-order chi connectivity index (χ0) is 12.9. The van der Waals surface area contributed by atoms with Crippen LogP contribution in [0.25, 0.3) is 0 Å². The van der Waals surface area contributed by atoms with Crippen LogP contribution in [0, 0.1) is 0 Å². The molecular formula is C10H10NaO6S. The minimum absolute atomic E-state index is 0. The second kappa shape index (κ2) is 7.55. The van der Waals surface area contributed by atoms with E-state index in [0.717, 1.165) is 6.07 Å². The van der Waals surface area contributed by atoms with E-state index in [1.165, 1.54) is 24.3 Å². The van der Waals surface area contributed by atoms with Gasteiger partial charge in [-0.05, 0) is 12.1 Å². The van der Waals surface area contributed by atoms with Gasteiger partial charge in [-0.3, -0.25) is 4.55 Å². The number of benzene rings is 1. The molecule has 0 heterocycles. The monoisotopic (exact) mass is 281 g/mol. The number of para-hydroxylation sites is 1. The summed E-state index contributed by atoms with van der Waals surface area (Å²) in [6, 6.07) is 5.15. The van der Waals surface area contributed by atoms with E-state index in [1.54, 1.807) is 0 Å². The molecule has 0 aliphatic carbocycles. The fourth-order valence-electron chi connectivity index (χ4n) is 0.994. The van der Waals surface area contributed by atoms with Gasteiger partial charge in [-0.25, -0.2) is 4.79 Å². The van der Waals surface area contributed by atoms with E-state index in [4.69, 9.17) is 4.55 Å². The number of rotatable bonds is 4. The summed E-state index contributed by atoms with van der Waals surface area (Å²) in [6.07, 6.45) is 0.247. The molecule has 0 fully saturated rings. The fourth-order valence-corrected chi connectivity index (χ4v) is 1.61. The van der Waals surface area contributed by atoms with Gasteiger partial charge in [0.1, 0.15) is 11.5 Å². The molecule has 6 nitrogen and oxygen atoms in total. The van der Waals surface area contributed by atoms with Crippen LogP contribution in [0.3, 0.4) is 0 Å². The second-order valence-electron chi connectivity index (χ2n) is 2.87. The summed E-state index contributed by atoms with van der Waals surface area (Å²) in [6.45, 7) is 3.27. The Bertz CT molecular complexity index is 525. The van der Waals surface area contributed by atoms with Crippen molar-refractivity contribution in [2.45, 2.75) is 4.90 Å². The van der Waals surface area contributed by atoms with Crippen molar-refractivity contribution in [1.29, 1.82) is 0 Å². The molecule has 18 heavy (non-hydrogen) atoms. The van der Waals surface area contributed by atoms with Crippen LogP contribution >= 0.6 is 0 Å². The van der Waals surface area contributed by atoms with Gasteiger partial charge in [-0.1, -0.05) is 24.8 Å². The Morgan fingerprint density at radius 3 is 2.56 bits per heavy atom. The molecule has 1 N–H and O–H groups in total. The quantitative estimate of drug-likeness (QED) is 0.294. The molecule has 0 unspecified atom stereocenters. The van der Waals surface area contributed by atoms with Crippen LogP contribution in [0.2, 0.25) is 0 Å². The molecule has 0 spiro atoms. The summed E-state index contributed by atoms with van der Waals surface area (Å²) in [5, 5.41) is 0. The first-order valence-electron chi connectivity index (χ1n) is 4.47. The second-order valence-corrected chi connectivity index (χ2v) is 4.26. The fraction of sp³-hybridized carbons (Fsp3) is 0.100. The van der Waals surface area contributed by atoms with E-state index in [2.05, 4.69) is 16.1 Å². The van der Waals surface area contributed by atoms with Gasteiger partial charge < -0.3 is 9.47 Å². The van der Waals surface area contributed by atoms with Crippen LogP contribution < -0.4 is 4.74 Å². The van der Waals surface area contributed by atoms with Crippen LogP contribution in [0.5, 0.6) is 5.75 Å². The van der Waals surface area contributed by atoms with E-state index in [0.29, 0.717) is 0 Å². The summed E-state index contributed by atoms with van der Waals surface area (Å²) >= 11 is 0. The predicted molar refractivity (Wildman–Crippen MR) is 64.2 cm³/mol. The number of carbonyl (C=O) groups is 1. The molecule has 93 valence electrons. The van der Waals surface area contributed by atoms with E-state index in [1.807, 2.05) is 0 Å². The standard InChI is InChI=1S/C10H10O6S.Na/c1-2-7-15-10(11)16-8-5-3-4-6-9(8)17(12,13)14;/h2-6H,1,7H2,(H,12,13,14);. The Hall–Kier alpha value is -0.860. The van der Waals surface area contributed by atoms with Gasteiger partial charge >= 0.3 is 6.16 Å². The van der Waals surface area contributed by atoms with E-state index in [-0.39, 0.29) is 41.9 Å². The number of hydrogen-bond acceptors (Lipinski definition) is 5. The largest absolute Gasteiger partial charge is 0.514 e. The van der Waals surface area contributed by atoms with Gasteiger partial charge in [0.2, 0.25) is 0 Å². The average Bonchev–Trinajstić information content (AvgIpc) is 2.25. The van der Waals surface area contributed by atoms with Crippen molar-refractivity contribution in [2.24, 2.45) is 0 Å². The zero-order valence-corrected chi connectivity index (χ0v) is 12.5. The topological polar surface area (TPSA) is 89.9 Å². The first-order chi connectivity index (χ1) is 7.95. The van der Waals surface area contributed by atoms with Crippen LogP contribution in [0.15, 0.2) is 41.8 Å². The van der Waals surface area contributed by atoms with Crippen LogP contribution in [0.4, 0.5) is 4.79 Å². The molecule has 0 aromatic heterocycles. The summed E-state index contributed by atoms with van der Waals surface area (Å²) in [7, 11) is -4.45. The van der Waals surface area contributed by atoms with Gasteiger partial charge in [-0.15, -0.1) is 0 Å². The van der Waals surface area contributed by atoms with Crippen molar-refractivity contribution in [2.75, 3.05) is 6.61 Å². The van der Waals surface area contributed by atoms with E-state index < -0.39 is 21.2 Å². The molecule has 0 aliphatic rings. The Labute approximate surface area is 127 Å². The van der Waals surface area contributed by atoms with E-state index in [9.17, 15) is 13.2 Å². The maximum absolute atomic E-state index is 11.1. The van der Waals surface area contributed by atoms with Gasteiger partial charge in [-0.2, -0.15) is 8.42 Å². The van der Waals surface area contributed by atoms with Crippen molar-refractivity contribution < 1.29 is 27.2 Å². The maximum Gasteiger partial charge on any atom is 0.514 e. The van der Waals surface area contributed by atoms with Gasteiger partial charge in [0.15, 0.2) is 5.75 Å². The Morgan fingerprint density at radius 1 is 1.39 bits per heavy atom. The average molecular weight is 281 g/mol. The maximum atomic E-state index is 11.1. The number of carbonyl (C=O) groups excluding carboxylic acids is 1. The minimum atomic E-state index is -4.45. The normalized spacial score (nSPS) is 10.1. The summed E-state index contributed by atoms with van der Waals surface area (Å²) in [5.41, 5.74) is 0. The molecule has 1 aromatic carbocycles. The molecule has 0 saturated heterocycles. The third-order valence-electron chi connectivity index (χ3n) is 1.64. The van der Waals surface area contributed by atoms with Crippen molar-refractivity contribution in [3.8, 4) is 5.75 Å². The van der Waals surface area contributed by atoms with Crippen molar-refractivity contribution in [1.82, 2.24) is 0 Å². The molecule has 8 heteroatoms. The number of ether oxygens (including phenoxy) is 2. The Kier molecular flexibility index (Phi) is 7.19. The van der Waals surface area contributed by atoms with Crippen molar-refractivity contribution in [3.63, 3.8) is 0 Å². The first kappa shape index (κ1) is 17.1. The van der Waals surface area contributed by atoms with Crippen LogP contribution in [-0.2, 0) is 14.9 Å². The predicted octanol–water partition coefficient (Wildman–Crippen LogP) is 1.25. The van der Waals surface area contributed by atoms with Gasteiger partial charge in [0.05, 0.1) is 0 Å². The van der Waals surface area contributed by atoms with Crippen molar-refractivity contribution >= 4 is 45.8 Å². The molecule has 0 atom stereocenters. The molecule has 0 aliphatic heterocycles. The van der Waals surface area contributed by atoms with Crippen LogP contribution in [0.1, 0.15) is 0 Å². The molecule has 1 aromatic rings. The zero-order valence-electron chi connectivity index (χ0n) is 9.70. The van der Waals surface area contributed by atoms with Crippen molar-refractivity contribution in [3.05, 3.63) is 36.9 Å². The smallest absolute Gasteiger partial charge is 0.430 e. The van der Waals surface area contributed by atoms with Gasteiger partial charge in [0, 0.05) is 29.6 Å². The molecule has 1 radical (unpaired) electrons. The molecule has 1 rings (SSSR count). The van der Waals surface area contributed by atoms with Crippen LogP contribution in [-0.4, -0.2) is 55.3 Å². The number of hydrogen-bond donors (Lipinski definition) is 1. The summed E-state index contributed by atoms with van der Waals surface area (Å²) in [4.78, 5) is 10.6. The molecule has 0 saturated carbocycles. The first-order valence-corrected chi connectivity index (χ1v) is 5.91. The molecular weight excluding hydrogens is 271 g/mol. The Morgan fingerprint density at radius 2 is 2.00 bits per heavy atom. The minimum Gasteiger partial charge on any atom is -0.430 e. The third-order valence-corrected chi connectivity index (χ3v) is 2.53. The van der Waals surface area contributed by atoms with E-state index >= 15 is 0 Å². The Balaban J connectivity index is 0.00000289.